The van der Waals surface area contributed by atoms with E-state index in [0.29, 0.717) is 19.4 Å². The first-order valence-corrected chi connectivity index (χ1v) is 7.17. The predicted octanol–water partition coefficient (Wildman–Crippen LogP) is 2.33. The molecule has 0 saturated carbocycles. The Morgan fingerprint density at radius 2 is 2.00 bits per heavy atom. The Balaban J connectivity index is 2.03. The lowest BCUT2D eigenvalue weighted by Crippen LogP contribution is -2.50. The fraction of sp³-hybridized carbons (Fsp3) is 0.500. The van der Waals surface area contributed by atoms with Crippen LogP contribution in [0.4, 0.5) is 0 Å². The largest absolute Gasteiger partial charge is 0.480 e. The molecule has 1 aliphatic rings. The predicted molar refractivity (Wildman–Crippen MR) is 76.3 cm³/mol. The molecule has 1 fully saturated rings. The highest BCUT2D eigenvalue weighted by Gasteiger charge is 2.33. The van der Waals surface area contributed by atoms with Crippen molar-refractivity contribution in [3.05, 3.63) is 35.9 Å². The molecule has 108 valence electrons. The van der Waals surface area contributed by atoms with Gasteiger partial charge in [-0.3, -0.25) is 4.79 Å². The summed E-state index contributed by atoms with van der Waals surface area (Å²) in [4.78, 5) is 25.3. The zero-order chi connectivity index (χ0) is 14.5. The van der Waals surface area contributed by atoms with E-state index in [0.717, 1.165) is 18.4 Å². The van der Waals surface area contributed by atoms with Crippen molar-refractivity contribution < 1.29 is 14.7 Å². The number of rotatable bonds is 4. The standard InChI is InChI=1S/C16H21NO3/c1-12(11-13-7-3-2-4-8-13)15(18)17-10-6-5-9-14(17)16(19)20/h2-4,7-8,12,14H,5-6,9-11H2,1H3,(H,19,20)/t12?,14-/m1/s1. The molecule has 0 bridgehead atoms. The van der Waals surface area contributed by atoms with Gasteiger partial charge >= 0.3 is 5.97 Å². The summed E-state index contributed by atoms with van der Waals surface area (Å²) in [5.74, 6) is -1.11. The molecule has 1 unspecified atom stereocenters. The van der Waals surface area contributed by atoms with Gasteiger partial charge < -0.3 is 10.0 Å². The second-order valence-electron chi connectivity index (χ2n) is 5.47. The van der Waals surface area contributed by atoms with Crippen LogP contribution >= 0.6 is 0 Å². The lowest BCUT2D eigenvalue weighted by Gasteiger charge is -2.34. The minimum Gasteiger partial charge on any atom is -0.480 e. The minimum absolute atomic E-state index is 0.0408. The van der Waals surface area contributed by atoms with Crippen LogP contribution in [0.15, 0.2) is 30.3 Å². The SMILES string of the molecule is CC(Cc1ccccc1)C(=O)N1CCCC[C@@H]1C(=O)O. The first-order valence-electron chi connectivity index (χ1n) is 7.17. The van der Waals surface area contributed by atoms with Gasteiger partial charge in [-0.05, 0) is 31.2 Å². The van der Waals surface area contributed by atoms with Crippen LogP contribution in [0.2, 0.25) is 0 Å². The van der Waals surface area contributed by atoms with Crippen LogP contribution in [0.1, 0.15) is 31.7 Å². The van der Waals surface area contributed by atoms with Crippen LogP contribution < -0.4 is 0 Å². The Morgan fingerprint density at radius 1 is 1.30 bits per heavy atom. The van der Waals surface area contributed by atoms with Gasteiger partial charge in [0.05, 0.1) is 0 Å². The van der Waals surface area contributed by atoms with Gasteiger partial charge in [0.25, 0.3) is 0 Å². The number of nitrogens with zero attached hydrogens (tertiary/aromatic N) is 1. The molecule has 1 aliphatic heterocycles. The van der Waals surface area contributed by atoms with Crippen LogP contribution in [0, 0.1) is 5.92 Å². The van der Waals surface area contributed by atoms with E-state index in [9.17, 15) is 14.7 Å². The summed E-state index contributed by atoms with van der Waals surface area (Å²) in [6.07, 6.45) is 3.00. The highest BCUT2D eigenvalue weighted by atomic mass is 16.4. The maximum Gasteiger partial charge on any atom is 0.326 e. The average molecular weight is 275 g/mol. The fourth-order valence-corrected chi connectivity index (χ4v) is 2.79. The summed E-state index contributed by atoms with van der Waals surface area (Å²) in [6.45, 7) is 2.44. The van der Waals surface area contributed by atoms with Crippen LogP contribution in [0.25, 0.3) is 0 Å². The van der Waals surface area contributed by atoms with Gasteiger partial charge in [-0.2, -0.15) is 0 Å². The van der Waals surface area contributed by atoms with Crippen molar-refractivity contribution in [2.45, 2.75) is 38.6 Å². The molecule has 1 heterocycles. The monoisotopic (exact) mass is 275 g/mol. The molecule has 0 radical (unpaired) electrons. The van der Waals surface area contributed by atoms with Gasteiger partial charge in [-0.15, -0.1) is 0 Å². The Hall–Kier alpha value is -1.84. The lowest BCUT2D eigenvalue weighted by molar-refractivity contribution is -0.153. The summed E-state index contributed by atoms with van der Waals surface area (Å²) in [6, 6.07) is 9.19. The second-order valence-corrected chi connectivity index (χ2v) is 5.47. The molecule has 0 spiro atoms. The smallest absolute Gasteiger partial charge is 0.326 e. The second kappa shape index (κ2) is 6.55. The molecule has 4 nitrogen and oxygen atoms in total. The Labute approximate surface area is 119 Å². The summed E-state index contributed by atoms with van der Waals surface area (Å²) >= 11 is 0. The van der Waals surface area contributed by atoms with Gasteiger partial charge in [0, 0.05) is 12.5 Å². The molecule has 1 N–H and O–H groups in total. The van der Waals surface area contributed by atoms with Crippen molar-refractivity contribution in [2.75, 3.05) is 6.54 Å². The molecule has 2 atom stereocenters. The maximum absolute atomic E-state index is 12.5. The zero-order valence-corrected chi connectivity index (χ0v) is 11.8. The molecule has 1 aromatic rings. The molecular weight excluding hydrogens is 254 g/mol. The average Bonchev–Trinajstić information content (AvgIpc) is 2.47. The first-order chi connectivity index (χ1) is 9.59. The van der Waals surface area contributed by atoms with Crippen molar-refractivity contribution in [3.63, 3.8) is 0 Å². The van der Waals surface area contributed by atoms with E-state index in [1.807, 2.05) is 37.3 Å². The molecule has 1 amide bonds. The van der Waals surface area contributed by atoms with E-state index in [4.69, 9.17) is 0 Å². The van der Waals surface area contributed by atoms with Gasteiger partial charge in [-0.25, -0.2) is 4.79 Å². The Bertz CT molecular complexity index is 472. The molecule has 1 aromatic carbocycles. The fourth-order valence-electron chi connectivity index (χ4n) is 2.79. The van der Waals surface area contributed by atoms with Crippen LogP contribution in [-0.4, -0.2) is 34.5 Å². The van der Waals surface area contributed by atoms with Crippen molar-refractivity contribution in [1.29, 1.82) is 0 Å². The van der Waals surface area contributed by atoms with Crippen molar-refractivity contribution >= 4 is 11.9 Å². The molecular formula is C16H21NO3. The summed E-state index contributed by atoms with van der Waals surface area (Å²) in [5, 5.41) is 9.24. The Kier molecular flexibility index (Phi) is 4.77. The van der Waals surface area contributed by atoms with Gasteiger partial charge in [0.2, 0.25) is 5.91 Å². The third-order valence-electron chi connectivity index (χ3n) is 3.88. The molecule has 4 heteroatoms. The van der Waals surface area contributed by atoms with Gasteiger partial charge in [0.15, 0.2) is 0 Å². The number of carboxylic acid groups (broad SMARTS) is 1. The van der Waals surface area contributed by atoms with E-state index in [2.05, 4.69) is 0 Å². The minimum atomic E-state index is -0.884. The maximum atomic E-state index is 12.5. The topological polar surface area (TPSA) is 57.6 Å². The number of aliphatic carboxylic acids is 1. The highest BCUT2D eigenvalue weighted by molar-refractivity contribution is 5.85. The third kappa shape index (κ3) is 3.38. The molecule has 20 heavy (non-hydrogen) atoms. The van der Waals surface area contributed by atoms with E-state index >= 15 is 0 Å². The number of amides is 1. The molecule has 2 rings (SSSR count). The Morgan fingerprint density at radius 3 is 2.65 bits per heavy atom. The van der Waals surface area contributed by atoms with E-state index in [1.165, 1.54) is 0 Å². The summed E-state index contributed by atoms with van der Waals surface area (Å²) in [5.41, 5.74) is 1.11. The van der Waals surface area contributed by atoms with Crippen LogP contribution in [-0.2, 0) is 16.0 Å². The molecule has 0 aromatic heterocycles. The van der Waals surface area contributed by atoms with Crippen LogP contribution in [0.5, 0.6) is 0 Å². The number of likely N-dealkylation sites (tertiary alicyclic amines) is 1. The van der Waals surface area contributed by atoms with Gasteiger partial charge in [0.1, 0.15) is 6.04 Å². The van der Waals surface area contributed by atoms with Crippen LogP contribution in [0.3, 0.4) is 0 Å². The van der Waals surface area contributed by atoms with E-state index < -0.39 is 12.0 Å². The van der Waals surface area contributed by atoms with Crippen molar-refractivity contribution in [1.82, 2.24) is 4.90 Å². The number of carbonyl (C=O) groups excluding carboxylic acids is 1. The zero-order valence-electron chi connectivity index (χ0n) is 11.8. The number of piperidine rings is 1. The van der Waals surface area contributed by atoms with E-state index in [1.54, 1.807) is 4.90 Å². The van der Waals surface area contributed by atoms with E-state index in [-0.39, 0.29) is 11.8 Å². The lowest BCUT2D eigenvalue weighted by atomic mass is 9.96. The number of hydrogen-bond acceptors (Lipinski definition) is 2. The number of carboxylic acids is 1. The van der Waals surface area contributed by atoms with Gasteiger partial charge in [-0.1, -0.05) is 37.3 Å². The molecule has 0 aliphatic carbocycles. The normalized spacial score (nSPS) is 20.4. The van der Waals surface area contributed by atoms with Crippen molar-refractivity contribution in [3.8, 4) is 0 Å². The highest BCUT2D eigenvalue weighted by Crippen LogP contribution is 2.21. The quantitative estimate of drug-likeness (QED) is 0.917. The third-order valence-corrected chi connectivity index (χ3v) is 3.88. The first kappa shape index (κ1) is 14.6. The summed E-state index contributed by atoms with van der Waals surface area (Å²) in [7, 11) is 0. The number of hydrogen-bond donors (Lipinski definition) is 1. The van der Waals surface area contributed by atoms with Crippen molar-refractivity contribution in [2.24, 2.45) is 5.92 Å². The molecule has 1 saturated heterocycles. The number of carbonyl (C=O) groups is 2. The number of benzene rings is 1. The summed E-state index contributed by atoms with van der Waals surface area (Å²) < 4.78 is 0.